The van der Waals surface area contributed by atoms with Gasteiger partial charge in [0.2, 0.25) is 0 Å². The van der Waals surface area contributed by atoms with Crippen molar-refractivity contribution in [3.05, 3.63) is 58.6 Å². The third-order valence-electron chi connectivity index (χ3n) is 6.57. The molecule has 4 atom stereocenters. The fraction of sp³-hybridized carbons (Fsp3) is 0.458. The molecule has 2 aliphatic heterocycles. The minimum absolute atomic E-state index is 0.0108. The van der Waals surface area contributed by atoms with Crippen LogP contribution in [0.15, 0.2) is 42.5 Å². The van der Waals surface area contributed by atoms with Crippen LogP contribution in [0.3, 0.4) is 0 Å². The molecule has 8 nitrogen and oxygen atoms in total. The summed E-state index contributed by atoms with van der Waals surface area (Å²) in [5.74, 6) is -0.650. The van der Waals surface area contributed by atoms with Gasteiger partial charge in [-0.25, -0.2) is 0 Å². The van der Waals surface area contributed by atoms with E-state index in [1.54, 1.807) is 6.07 Å². The minimum Gasteiger partial charge on any atom is -0.508 e. The zero-order valence-corrected chi connectivity index (χ0v) is 19.9. The number of aromatic hydroxyl groups is 1. The van der Waals surface area contributed by atoms with Gasteiger partial charge in [0, 0.05) is 38.4 Å². The maximum atomic E-state index is 13.1. The Hall–Kier alpha value is -2.57. The number of anilines is 1. The number of aliphatic hydroxyl groups is 2. The molecule has 0 radical (unpaired) electrons. The average molecular weight is 530 g/mol. The SMILES string of the molecule is O=C(NCC1OC(CO)C(O)C1N1CCN(c2cccc(C(F)(F)F)c2)CC1)c1cc(O)ccc1Cl. The number of nitrogens with one attached hydrogen (secondary N) is 1. The number of alkyl halides is 3. The molecule has 2 saturated heterocycles. The number of phenolic OH excluding ortho intramolecular Hbond substituents is 1. The van der Waals surface area contributed by atoms with Crippen molar-refractivity contribution in [3.8, 4) is 5.75 Å². The number of rotatable bonds is 6. The van der Waals surface area contributed by atoms with Crippen LogP contribution in [0, 0.1) is 0 Å². The molecule has 4 rings (SSSR count). The van der Waals surface area contributed by atoms with E-state index in [2.05, 4.69) is 5.32 Å². The van der Waals surface area contributed by atoms with Crippen molar-refractivity contribution in [2.45, 2.75) is 30.5 Å². The Labute approximate surface area is 210 Å². The summed E-state index contributed by atoms with van der Waals surface area (Å²) in [4.78, 5) is 16.4. The maximum absolute atomic E-state index is 13.1. The van der Waals surface area contributed by atoms with Crippen LogP contribution < -0.4 is 10.2 Å². The predicted molar refractivity (Wildman–Crippen MR) is 126 cm³/mol. The number of carbonyl (C=O) groups excluding carboxylic acids is 1. The van der Waals surface area contributed by atoms with Crippen molar-refractivity contribution >= 4 is 23.2 Å². The molecule has 0 spiro atoms. The summed E-state index contributed by atoms with van der Waals surface area (Å²) in [7, 11) is 0. The first-order valence-corrected chi connectivity index (χ1v) is 11.8. The highest BCUT2D eigenvalue weighted by Crippen LogP contribution is 2.33. The molecule has 2 aromatic rings. The third-order valence-corrected chi connectivity index (χ3v) is 6.90. The first-order valence-electron chi connectivity index (χ1n) is 11.5. The topological polar surface area (TPSA) is 106 Å². The number of piperazine rings is 1. The van der Waals surface area contributed by atoms with Crippen LogP contribution in [0.4, 0.5) is 18.9 Å². The van der Waals surface area contributed by atoms with E-state index in [-0.39, 0.29) is 22.9 Å². The number of ether oxygens (including phenoxy) is 1. The van der Waals surface area contributed by atoms with Gasteiger partial charge in [-0.2, -0.15) is 13.2 Å². The smallest absolute Gasteiger partial charge is 0.416 e. The minimum atomic E-state index is -4.43. The summed E-state index contributed by atoms with van der Waals surface area (Å²) in [5, 5.41) is 33.0. The first kappa shape index (κ1) is 26.5. The second-order valence-corrected chi connectivity index (χ2v) is 9.23. The number of hydrogen-bond acceptors (Lipinski definition) is 7. The molecule has 0 aliphatic carbocycles. The van der Waals surface area contributed by atoms with E-state index >= 15 is 0 Å². The molecule has 2 aromatic carbocycles. The van der Waals surface area contributed by atoms with E-state index in [1.807, 2.05) is 9.80 Å². The van der Waals surface area contributed by atoms with Gasteiger partial charge in [-0.05, 0) is 36.4 Å². The summed E-state index contributed by atoms with van der Waals surface area (Å²) < 4.78 is 45.1. The van der Waals surface area contributed by atoms with Crippen molar-refractivity contribution in [1.82, 2.24) is 10.2 Å². The zero-order valence-electron chi connectivity index (χ0n) is 19.2. The van der Waals surface area contributed by atoms with Gasteiger partial charge in [0.25, 0.3) is 5.91 Å². The molecule has 0 aromatic heterocycles. The second-order valence-electron chi connectivity index (χ2n) is 8.82. The lowest BCUT2D eigenvalue weighted by Gasteiger charge is -2.41. The lowest BCUT2D eigenvalue weighted by molar-refractivity contribution is -0.137. The van der Waals surface area contributed by atoms with Gasteiger partial charge < -0.3 is 30.3 Å². The second kappa shape index (κ2) is 10.8. The Morgan fingerprint density at radius 1 is 1.11 bits per heavy atom. The standard InChI is InChI=1S/C24H27ClF3N3O5/c25-18-5-4-16(33)11-17(18)23(35)29-12-19-21(22(34)20(13-32)36-19)31-8-6-30(7-9-31)15-3-1-2-14(10-15)24(26,27)28/h1-5,10-11,19-22,32-34H,6-9,12-13H2,(H,29,35). The number of nitrogens with zero attached hydrogens (tertiary/aromatic N) is 2. The molecule has 2 aliphatic rings. The molecular weight excluding hydrogens is 503 g/mol. The first-order chi connectivity index (χ1) is 17.1. The van der Waals surface area contributed by atoms with E-state index in [0.717, 1.165) is 12.1 Å². The van der Waals surface area contributed by atoms with Crippen molar-refractivity contribution in [2.75, 3.05) is 44.2 Å². The van der Waals surface area contributed by atoms with Crippen molar-refractivity contribution in [3.63, 3.8) is 0 Å². The van der Waals surface area contributed by atoms with Gasteiger partial charge in [0.15, 0.2) is 0 Å². The number of aliphatic hydroxyl groups excluding tert-OH is 2. The Balaban J connectivity index is 1.42. The molecule has 2 fully saturated rings. The Morgan fingerprint density at radius 2 is 1.83 bits per heavy atom. The van der Waals surface area contributed by atoms with Gasteiger partial charge in [-0.1, -0.05) is 17.7 Å². The lowest BCUT2D eigenvalue weighted by Crippen LogP contribution is -2.57. The molecule has 196 valence electrons. The zero-order chi connectivity index (χ0) is 26.0. The highest BCUT2D eigenvalue weighted by molar-refractivity contribution is 6.33. The van der Waals surface area contributed by atoms with Crippen molar-refractivity contribution < 1.29 is 38.0 Å². The van der Waals surface area contributed by atoms with Crippen molar-refractivity contribution in [1.29, 1.82) is 0 Å². The molecule has 36 heavy (non-hydrogen) atoms. The normalized spacial score (nSPS) is 25.2. The fourth-order valence-electron chi connectivity index (χ4n) is 4.73. The highest BCUT2D eigenvalue weighted by atomic mass is 35.5. The number of amides is 1. The lowest BCUT2D eigenvalue weighted by atomic mass is 10.0. The largest absolute Gasteiger partial charge is 0.508 e. The van der Waals surface area contributed by atoms with Crippen LogP contribution >= 0.6 is 11.6 Å². The van der Waals surface area contributed by atoms with Gasteiger partial charge in [-0.15, -0.1) is 0 Å². The van der Waals surface area contributed by atoms with Gasteiger partial charge >= 0.3 is 6.18 Å². The summed E-state index contributed by atoms with van der Waals surface area (Å²) >= 11 is 6.05. The van der Waals surface area contributed by atoms with Gasteiger partial charge in [0.05, 0.1) is 34.9 Å². The number of benzene rings is 2. The molecule has 0 saturated carbocycles. The molecule has 0 bridgehead atoms. The summed E-state index contributed by atoms with van der Waals surface area (Å²) in [6.45, 7) is 1.31. The Morgan fingerprint density at radius 3 is 2.50 bits per heavy atom. The van der Waals surface area contributed by atoms with Crippen LogP contribution in [0.5, 0.6) is 5.75 Å². The molecule has 1 amide bonds. The van der Waals surface area contributed by atoms with Gasteiger partial charge in [-0.3, -0.25) is 9.69 Å². The Kier molecular flexibility index (Phi) is 7.96. The molecule has 2 heterocycles. The summed E-state index contributed by atoms with van der Waals surface area (Å²) in [6.07, 6.45) is -6.95. The predicted octanol–water partition coefficient (Wildman–Crippen LogP) is 2.11. The van der Waals surface area contributed by atoms with Crippen LogP contribution in [-0.2, 0) is 10.9 Å². The third kappa shape index (κ3) is 5.70. The van der Waals surface area contributed by atoms with E-state index in [1.165, 1.54) is 24.3 Å². The molecule has 4 unspecified atom stereocenters. The summed E-state index contributed by atoms with van der Waals surface area (Å²) in [5.41, 5.74) is -0.164. The Bertz CT molecular complexity index is 1080. The van der Waals surface area contributed by atoms with Crippen LogP contribution in [-0.4, -0.2) is 89.8 Å². The van der Waals surface area contributed by atoms with Crippen LogP contribution in [0.1, 0.15) is 15.9 Å². The number of carbonyl (C=O) groups is 1. The highest BCUT2D eigenvalue weighted by Gasteiger charge is 2.47. The number of hydrogen-bond donors (Lipinski definition) is 4. The molecular formula is C24H27ClF3N3O5. The van der Waals surface area contributed by atoms with E-state index in [9.17, 15) is 33.3 Å². The van der Waals surface area contributed by atoms with Crippen LogP contribution in [0.2, 0.25) is 5.02 Å². The van der Waals surface area contributed by atoms with E-state index in [0.29, 0.717) is 31.9 Å². The van der Waals surface area contributed by atoms with E-state index < -0.39 is 48.6 Å². The maximum Gasteiger partial charge on any atom is 0.416 e. The average Bonchev–Trinajstić information content (AvgIpc) is 3.18. The van der Waals surface area contributed by atoms with Crippen LogP contribution in [0.25, 0.3) is 0 Å². The fourth-order valence-corrected chi connectivity index (χ4v) is 4.93. The van der Waals surface area contributed by atoms with E-state index in [4.69, 9.17) is 16.3 Å². The van der Waals surface area contributed by atoms with Gasteiger partial charge in [0.1, 0.15) is 18.0 Å². The number of halogens is 4. The summed E-state index contributed by atoms with van der Waals surface area (Å²) in [6, 6.07) is 8.61. The quantitative estimate of drug-likeness (QED) is 0.454. The number of phenols is 1. The monoisotopic (exact) mass is 529 g/mol. The molecule has 4 N–H and O–H groups in total. The van der Waals surface area contributed by atoms with Crippen molar-refractivity contribution in [2.24, 2.45) is 0 Å². The molecule has 12 heteroatoms.